The Labute approximate surface area is 182 Å². The third kappa shape index (κ3) is 5.11. The molecule has 0 N–H and O–H groups in total. The Morgan fingerprint density at radius 1 is 1.23 bits per heavy atom. The summed E-state index contributed by atoms with van der Waals surface area (Å²) in [5.41, 5.74) is 4.90. The molecule has 1 saturated heterocycles. The lowest BCUT2D eigenvalue weighted by molar-refractivity contribution is -0.139. The Morgan fingerprint density at radius 3 is 2.84 bits per heavy atom. The molecule has 1 aliphatic rings. The van der Waals surface area contributed by atoms with Crippen molar-refractivity contribution in [3.63, 3.8) is 0 Å². The first-order chi connectivity index (χ1) is 15.0. The smallest absolute Gasteiger partial charge is 0.226 e. The van der Waals surface area contributed by atoms with Crippen molar-refractivity contribution in [3.8, 4) is 16.9 Å². The lowest BCUT2D eigenvalue weighted by Crippen LogP contribution is -2.42. The number of ether oxygens (including phenoxy) is 2. The fraction of sp³-hybridized carbons (Fsp3) is 0.375. The summed E-state index contributed by atoms with van der Waals surface area (Å²) < 4.78 is 13.5. The van der Waals surface area contributed by atoms with Crippen LogP contribution >= 0.6 is 0 Å². The summed E-state index contributed by atoms with van der Waals surface area (Å²) in [6.07, 6.45) is 3.91. The largest absolute Gasteiger partial charge is 0.493 e. The summed E-state index contributed by atoms with van der Waals surface area (Å²) >= 11 is 0. The molecule has 0 saturated carbocycles. The lowest BCUT2D eigenvalue weighted by atomic mass is 10.1. The van der Waals surface area contributed by atoms with Gasteiger partial charge in [0, 0.05) is 31.0 Å². The van der Waals surface area contributed by atoms with Gasteiger partial charge in [0.15, 0.2) is 0 Å². The van der Waals surface area contributed by atoms with Crippen molar-refractivity contribution in [3.05, 3.63) is 65.7 Å². The fourth-order valence-corrected chi connectivity index (χ4v) is 3.78. The monoisotopic (exact) mass is 420 g/mol. The van der Waals surface area contributed by atoms with E-state index in [0.29, 0.717) is 32.7 Å². The van der Waals surface area contributed by atoms with Crippen LogP contribution in [0.1, 0.15) is 29.5 Å². The Bertz CT molecular complexity index is 1060. The number of pyridine rings is 1. The Balaban J connectivity index is 1.39. The Morgan fingerprint density at radius 2 is 2.06 bits per heavy atom. The zero-order valence-corrected chi connectivity index (χ0v) is 18.2. The number of benzene rings is 1. The molecule has 1 aromatic carbocycles. The summed E-state index contributed by atoms with van der Waals surface area (Å²) in [7, 11) is 1.90. The molecule has 1 fully saturated rings. The summed E-state index contributed by atoms with van der Waals surface area (Å²) in [4.78, 5) is 19.3. The van der Waals surface area contributed by atoms with Crippen LogP contribution in [0.4, 0.5) is 0 Å². The molecule has 3 aromatic rings. The molecule has 1 amide bonds. The summed E-state index contributed by atoms with van der Waals surface area (Å²) in [6.45, 7) is 5.90. The van der Waals surface area contributed by atoms with Crippen LogP contribution in [0.15, 0.2) is 48.8 Å². The second-order valence-corrected chi connectivity index (χ2v) is 7.89. The maximum atomic E-state index is 12.8. The third-order valence-corrected chi connectivity index (χ3v) is 5.43. The molecule has 7 nitrogen and oxygen atoms in total. The molecule has 1 aliphatic heterocycles. The van der Waals surface area contributed by atoms with E-state index in [4.69, 9.17) is 9.47 Å². The number of aromatic nitrogens is 3. The fourth-order valence-electron chi connectivity index (χ4n) is 3.78. The number of aryl methyl sites for hydroxylation is 3. The second-order valence-electron chi connectivity index (χ2n) is 7.89. The minimum absolute atomic E-state index is 0.0713. The summed E-state index contributed by atoms with van der Waals surface area (Å²) in [5, 5.41) is 4.26. The Hall–Kier alpha value is -3.19. The van der Waals surface area contributed by atoms with Gasteiger partial charge in [-0.15, -0.1) is 0 Å². The van der Waals surface area contributed by atoms with Crippen molar-refractivity contribution < 1.29 is 14.3 Å². The van der Waals surface area contributed by atoms with E-state index in [0.717, 1.165) is 33.8 Å². The number of rotatable bonds is 6. The zero-order chi connectivity index (χ0) is 21.8. The summed E-state index contributed by atoms with van der Waals surface area (Å²) in [5.74, 6) is 0.893. The third-order valence-electron chi connectivity index (χ3n) is 5.43. The SMILES string of the molecule is Cc1cc(-c2cnn(C)c2)cc([C@H]2CN(C(=O)CCOc3ccccc3C)CCO2)n1. The highest BCUT2D eigenvalue weighted by atomic mass is 16.5. The topological polar surface area (TPSA) is 69.5 Å². The molecule has 0 aliphatic carbocycles. The number of amides is 1. The molecule has 7 heteroatoms. The molecule has 162 valence electrons. The van der Waals surface area contributed by atoms with Crippen LogP contribution in [0.5, 0.6) is 5.75 Å². The van der Waals surface area contributed by atoms with Gasteiger partial charge in [0.05, 0.1) is 38.1 Å². The van der Waals surface area contributed by atoms with Crippen LogP contribution < -0.4 is 4.74 Å². The van der Waals surface area contributed by atoms with Crippen LogP contribution in [-0.4, -0.2) is 51.9 Å². The number of hydrogen-bond donors (Lipinski definition) is 0. The standard InChI is InChI=1S/C24H28N4O3/c1-17-6-4-5-7-22(17)30-10-8-24(29)28-9-11-31-23(16-28)21-13-19(12-18(2)26-21)20-14-25-27(3)15-20/h4-7,12-15,23H,8-11,16H2,1-3H3/t23-/m1/s1. The maximum Gasteiger partial charge on any atom is 0.226 e. The van der Waals surface area contributed by atoms with E-state index < -0.39 is 0 Å². The lowest BCUT2D eigenvalue weighted by Gasteiger charge is -2.33. The molecule has 1 atom stereocenters. The predicted octanol–water partition coefficient (Wildman–Crippen LogP) is 3.47. The van der Waals surface area contributed by atoms with Gasteiger partial charge in [0.1, 0.15) is 11.9 Å². The van der Waals surface area contributed by atoms with Crippen molar-refractivity contribution in [2.75, 3.05) is 26.3 Å². The number of morpholine rings is 1. The first-order valence-corrected chi connectivity index (χ1v) is 10.5. The van der Waals surface area contributed by atoms with E-state index in [-0.39, 0.29) is 12.0 Å². The highest BCUT2D eigenvalue weighted by molar-refractivity contribution is 5.76. The number of carbonyl (C=O) groups is 1. The molecule has 3 heterocycles. The number of carbonyl (C=O) groups excluding carboxylic acids is 1. The Kier molecular flexibility index (Phi) is 6.32. The van der Waals surface area contributed by atoms with Crippen molar-refractivity contribution in [2.45, 2.75) is 26.4 Å². The van der Waals surface area contributed by atoms with Crippen LogP contribution in [0, 0.1) is 13.8 Å². The van der Waals surface area contributed by atoms with Gasteiger partial charge in [-0.3, -0.25) is 14.5 Å². The maximum absolute atomic E-state index is 12.8. The van der Waals surface area contributed by atoms with Gasteiger partial charge in [0.25, 0.3) is 0 Å². The molecule has 0 spiro atoms. The molecule has 31 heavy (non-hydrogen) atoms. The molecule has 0 radical (unpaired) electrons. The van der Waals surface area contributed by atoms with Gasteiger partial charge >= 0.3 is 0 Å². The number of nitrogens with zero attached hydrogens (tertiary/aromatic N) is 4. The van der Waals surface area contributed by atoms with Gasteiger partial charge in [0.2, 0.25) is 5.91 Å². The minimum Gasteiger partial charge on any atom is -0.493 e. The highest BCUT2D eigenvalue weighted by Gasteiger charge is 2.26. The highest BCUT2D eigenvalue weighted by Crippen LogP contribution is 2.27. The second kappa shape index (κ2) is 9.31. The summed E-state index contributed by atoms with van der Waals surface area (Å²) in [6, 6.07) is 11.9. The van der Waals surface area contributed by atoms with E-state index in [1.165, 1.54) is 0 Å². The van der Waals surface area contributed by atoms with E-state index in [1.54, 1.807) is 4.68 Å². The van der Waals surface area contributed by atoms with Crippen molar-refractivity contribution >= 4 is 5.91 Å². The number of hydrogen-bond acceptors (Lipinski definition) is 5. The van der Waals surface area contributed by atoms with Crippen LogP contribution in [-0.2, 0) is 16.6 Å². The van der Waals surface area contributed by atoms with Crippen molar-refractivity contribution in [1.29, 1.82) is 0 Å². The van der Waals surface area contributed by atoms with Crippen molar-refractivity contribution in [1.82, 2.24) is 19.7 Å². The first kappa shape index (κ1) is 21.1. The zero-order valence-electron chi connectivity index (χ0n) is 18.2. The quantitative estimate of drug-likeness (QED) is 0.611. The molecule has 0 unspecified atom stereocenters. The van der Waals surface area contributed by atoms with Crippen LogP contribution in [0.3, 0.4) is 0 Å². The molecule has 0 bridgehead atoms. The minimum atomic E-state index is -0.245. The van der Waals surface area contributed by atoms with Gasteiger partial charge < -0.3 is 14.4 Å². The van der Waals surface area contributed by atoms with E-state index in [9.17, 15) is 4.79 Å². The average molecular weight is 421 g/mol. The van der Waals surface area contributed by atoms with Crippen LogP contribution in [0.2, 0.25) is 0 Å². The van der Waals surface area contributed by atoms with Gasteiger partial charge in [-0.1, -0.05) is 18.2 Å². The normalized spacial score (nSPS) is 16.4. The van der Waals surface area contributed by atoms with Crippen LogP contribution in [0.25, 0.3) is 11.1 Å². The van der Waals surface area contributed by atoms with Gasteiger partial charge in [-0.25, -0.2) is 0 Å². The average Bonchev–Trinajstić information content (AvgIpc) is 3.21. The first-order valence-electron chi connectivity index (χ1n) is 10.5. The van der Waals surface area contributed by atoms with Gasteiger partial charge in [-0.2, -0.15) is 5.10 Å². The number of para-hydroxylation sites is 1. The van der Waals surface area contributed by atoms with E-state index >= 15 is 0 Å². The predicted molar refractivity (Wildman–Crippen MR) is 118 cm³/mol. The molecular formula is C24H28N4O3. The molecular weight excluding hydrogens is 392 g/mol. The molecule has 4 rings (SSSR count). The van der Waals surface area contributed by atoms with Crippen molar-refractivity contribution in [2.24, 2.45) is 7.05 Å². The van der Waals surface area contributed by atoms with Gasteiger partial charge in [-0.05, 0) is 43.2 Å². The molecule has 2 aromatic heterocycles. The van der Waals surface area contributed by atoms with E-state index in [2.05, 4.69) is 10.1 Å². The van der Waals surface area contributed by atoms with E-state index in [1.807, 2.05) is 74.6 Å².